The highest BCUT2D eigenvalue weighted by atomic mass is 16.5. The molecule has 0 aliphatic heterocycles. The second-order valence-corrected chi connectivity index (χ2v) is 9.04. The summed E-state index contributed by atoms with van der Waals surface area (Å²) in [6.45, 7) is 6.09. The highest BCUT2D eigenvalue weighted by Gasteiger charge is 2.31. The second kappa shape index (κ2) is 10.3. The Morgan fingerprint density at radius 1 is 1.09 bits per heavy atom. The Kier molecular flexibility index (Phi) is 7.27. The first kappa shape index (κ1) is 23.9. The molecule has 2 atom stereocenters. The SMILES string of the molecule is COC(=O)c1c(C)cccc1C(=O)[C@@H]1CCC[C@H](OCc2nc(-c3cccc(C)c3)oc2C)C1. The van der Waals surface area contributed by atoms with Crippen LogP contribution in [-0.4, -0.2) is 30.0 Å². The lowest BCUT2D eigenvalue weighted by Crippen LogP contribution is -2.29. The first-order valence-corrected chi connectivity index (χ1v) is 11.7. The molecule has 0 saturated heterocycles. The van der Waals surface area contributed by atoms with Gasteiger partial charge in [-0.2, -0.15) is 0 Å². The summed E-state index contributed by atoms with van der Waals surface area (Å²) in [4.78, 5) is 30.3. The van der Waals surface area contributed by atoms with E-state index < -0.39 is 5.97 Å². The van der Waals surface area contributed by atoms with Crippen molar-refractivity contribution >= 4 is 11.8 Å². The van der Waals surface area contributed by atoms with Gasteiger partial charge in [0, 0.05) is 17.0 Å². The first-order chi connectivity index (χ1) is 16.4. The van der Waals surface area contributed by atoms with Crippen LogP contribution in [0.1, 0.15) is 69.0 Å². The van der Waals surface area contributed by atoms with Crippen molar-refractivity contribution in [2.24, 2.45) is 5.92 Å². The molecule has 1 heterocycles. The van der Waals surface area contributed by atoms with Crippen LogP contribution in [0.5, 0.6) is 0 Å². The number of ether oxygens (including phenoxy) is 2. The van der Waals surface area contributed by atoms with E-state index in [9.17, 15) is 9.59 Å². The van der Waals surface area contributed by atoms with E-state index in [1.54, 1.807) is 6.07 Å². The molecule has 6 heteroatoms. The van der Waals surface area contributed by atoms with Gasteiger partial charge < -0.3 is 13.9 Å². The summed E-state index contributed by atoms with van der Waals surface area (Å²) in [6, 6.07) is 13.4. The van der Waals surface area contributed by atoms with Crippen LogP contribution in [0.4, 0.5) is 0 Å². The van der Waals surface area contributed by atoms with Gasteiger partial charge in [-0.25, -0.2) is 9.78 Å². The van der Waals surface area contributed by atoms with E-state index in [1.165, 1.54) is 7.11 Å². The van der Waals surface area contributed by atoms with Gasteiger partial charge in [-0.15, -0.1) is 0 Å². The summed E-state index contributed by atoms with van der Waals surface area (Å²) in [6.07, 6.45) is 3.14. The molecule has 1 saturated carbocycles. The fourth-order valence-corrected chi connectivity index (χ4v) is 4.66. The highest BCUT2D eigenvalue weighted by molar-refractivity contribution is 6.08. The second-order valence-electron chi connectivity index (χ2n) is 9.04. The van der Waals surface area contributed by atoms with Gasteiger partial charge in [0.2, 0.25) is 5.89 Å². The number of Topliss-reactive ketones (excluding diaryl/α,β-unsaturated/α-hetero) is 1. The number of methoxy groups -OCH3 is 1. The van der Waals surface area contributed by atoms with Crippen molar-refractivity contribution in [2.45, 2.75) is 59.2 Å². The number of aromatic nitrogens is 1. The molecule has 0 radical (unpaired) electrons. The van der Waals surface area contributed by atoms with Gasteiger partial charge in [-0.05, 0) is 57.7 Å². The maximum absolute atomic E-state index is 13.4. The van der Waals surface area contributed by atoms with E-state index >= 15 is 0 Å². The number of esters is 1. The van der Waals surface area contributed by atoms with E-state index in [0.29, 0.717) is 30.0 Å². The Balaban J connectivity index is 1.43. The van der Waals surface area contributed by atoms with Gasteiger partial charge in [0.15, 0.2) is 5.78 Å². The molecule has 4 rings (SSSR count). The molecule has 6 nitrogen and oxygen atoms in total. The largest absolute Gasteiger partial charge is 0.465 e. The number of nitrogens with zero attached hydrogens (tertiary/aromatic N) is 1. The summed E-state index contributed by atoms with van der Waals surface area (Å²) >= 11 is 0. The van der Waals surface area contributed by atoms with Crippen LogP contribution in [0.15, 0.2) is 46.9 Å². The summed E-state index contributed by atoms with van der Waals surface area (Å²) in [7, 11) is 1.34. The molecule has 178 valence electrons. The van der Waals surface area contributed by atoms with Crippen LogP contribution in [-0.2, 0) is 16.1 Å². The average Bonchev–Trinajstić information content (AvgIpc) is 3.22. The van der Waals surface area contributed by atoms with E-state index in [2.05, 4.69) is 4.98 Å². The molecular weight excluding hydrogens is 430 g/mol. The fourth-order valence-electron chi connectivity index (χ4n) is 4.66. The zero-order valence-electron chi connectivity index (χ0n) is 20.2. The summed E-state index contributed by atoms with van der Waals surface area (Å²) in [5.74, 6) is 0.645. The molecule has 1 aromatic heterocycles. The zero-order chi connectivity index (χ0) is 24.2. The van der Waals surface area contributed by atoms with Crippen LogP contribution in [0.2, 0.25) is 0 Å². The first-order valence-electron chi connectivity index (χ1n) is 11.7. The topological polar surface area (TPSA) is 78.6 Å². The number of hydrogen-bond donors (Lipinski definition) is 0. The van der Waals surface area contributed by atoms with Crippen LogP contribution in [0.3, 0.4) is 0 Å². The number of benzene rings is 2. The number of carbonyl (C=O) groups excluding carboxylic acids is 2. The predicted octanol–water partition coefficient (Wildman–Crippen LogP) is 6.01. The maximum atomic E-state index is 13.4. The molecule has 1 fully saturated rings. The van der Waals surface area contributed by atoms with Crippen LogP contribution < -0.4 is 0 Å². The van der Waals surface area contributed by atoms with Crippen molar-refractivity contribution < 1.29 is 23.5 Å². The maximum Gasteiger partial charge on any atom is 0.338 e. The Bertz CT molecular complexity index is 1200. The van der Waals surface area contributed by atoms with Gasteiger partial charge in [0.05, 0.1) is 25.4 Å². The lowest BCUT2D eigenvalue weighted by Gasteiger charge is -2.28. The lowest BCUT2D eigenvalue weighted by molar-refractivity contribution is 0.00215. The summed E-state index contributed by atoms with van der Waals surface area (Å²) < 4.78 is 17.0. The molecule has 0 N–H and O–H groups in total. The van der Waals surface area contributed by atoms with Crippen molar-refractivity contribution in [1.82, 2.24) is 4.98 Å². The number of oxazole rings is 1. The Morgan fingerprint density at radius 2 is 1.88 bits per heavy atom. The molecule has 0 amide bonds. The Morgan fingerprint density at radius 3 is 2.65 bits per heavy atom. The molecule has 1 aliphatic carbocycles. The van der Waals surface area contributed by atoms with E-state index in [-0.39, 0.29) is 17.8 Å². The molecule has 0 unspecified atom stereocenters. The number of hydrogen-bond acceptors (Lipinski definition) is 6. The van der Waals surface area contributed by atoms with Crippen molar-refractivity contribution in [3.05, 3.63) is 76.2 Å². The highest BCUT2D eigenvalue weighted by Crippen LogP contribution is 2.32. The third-order valence-electron chi connectivity index (χ3n) is 6.54. The normalized spacial score (nSPS) is 18.0. The van der Waals surface area contributed by atoms with Crippen LogP contribution in [0.25, 0.3) is 11.5 Å². The molecular formula is C28H31NO5. The molecule has 0 spiro atoms. The predicted molar refractivity (Wildman–Crippen MR) is 129 cm³/mol. The number of carbonyl (C=O) groups is 2. The Hall–Kier alpha value is -3.25. The van der Waals surface area contributed by atoms with Crippen molar-refractivity contribution in [3.8, 4) is 11.5 Å². The smallest absolute Gasteiger partial charge is 0.338 e. The van der Waals surface area contributed by atoms with Gasteiger partial charge >= 0.3 is 5.97 Å². The average molecular weight is 462 g/mol. The molecule has 2 aromatic carbocycles. The van der Waals surface area contributed by atoms with Crippen molar-refractivity contribution in [3.63, 3.8) is 0 Å². The summed E-state index contributed by atoms with van der Waals surface area (Å²) in [5.41, 5.74) is 4.40. The van der Waals surface area contributed by atoms with Gasteiger partial charge in [0.1, 0.15) is 11.5 Å². The van der Waals surface area contributed by atoms with Gasteiger partial charge in [-0.1, -0.05) is 42.3 Å². The third kappa shape index (κ3) is 5.12. The third-order valence-corrected chi connectivity index (χ3v) is 6.54. The summed E-state index contributed by atoms with van der Waals surface area (Å²) in [5, 5.41) is 0. The monoisotopic (exact) mass is 461 g/mol. The van der Waals surface area contributed by atoms with Crippen LogP contribution in [0, 0.1) is 26.7 Å². The van der Waals surface area contributed by atoms with Crippen LogP contribution >= 0.6 is 0 Å². The number of aryl methyl sites for hydroxylation is 3. The lowest BCUT2D eigenvalue weighted by atomic mass is 9.81. The fraction of sp³-hybridized carbons (Fsp3) is 0.393. The minimum absolute atomic E-state index is 0.0169. The van der Waals surface area contributed by atoms with Gasteiger partial charge in [0.25, 0.3) is 0 Å². The number of ketones is 1. The molecule has 1 aliphatic rings. The quantitative estimate of drug-likeness (QED) is 0.317. The molecule has 0 bridgehead atoms. The Labute approximate surface area is 200 Å². The number of rotatable bonds is 7. The van der Waals surface area contributed by atoms with Crippen molar-refractivity contribution in [2.75, 3.05) is 7.11 Å². The van der Waals surface area contributed by atoms with Crippen molar-refractivity contribution in [1.29, 1.82) is 0 Å². The van der Waals surface area contributed by atoms with E-state index in [4.69, 9.17) is 13.9 Å². The minimum Gasteiger partial charge on any atom is -0.465 e. The van der Waals surface area contributed by atoms with Gasteiger partial charge in [-0.3, -0.25) is 4.79 Å². The standard InChI is InChI=1S/C28H31NO5/c1-17-8-5-11-21(14-17)27-29-24(19(3)34-27)16-33-22-12-7-10-20(15-22)26(30)23-13-6-9-18(2)25(23)28(31)32-4/h5-6,8-9,11,13-14,20,22H,7,10,12,15-16H2,1-4H3/t20-,22+/m1/s1. The minimum atomic E-state index is -0.476. The zero-order valence-corrected chi connectivity index (χ0v) is 20.2. The molecule has 34 heavy (non-hydrogen) atoms. The van der Waals surface area contributed by atoms with E-state index in [0.717, 1.165) is 47.4 Å². The van der Waals surface area contributed by atoms with E-state index in [1.807, 2.05) is 57.2 Å². The molecule has 3 aromatic rings.